The maximum Gasteiger partial charge on any atom is 0.341 e. The van der Waals surface area contributed by atoms with Gasteiger partial charge in [-0.25, -0.2) is 4.79 Å². The summed E-state index contributed by atoms with van der Waals surface area (Å²) in [6, 6.07) is 43.1. The van der Waals surface area contributed by atoms with Gasteiger partial charge in [-0.05, 0) is 96.0 Å². The molecule has 286 valence electrons. The van der Waals surface area contributed by atoms with Gasteiger partial charge in [0.25, 0.3) is 11.8 Å². The predicted molar refractivity (Wildman–Crippen MR) is 232 cm³/mol. The van der Waals surface area contributed by atoms with Gasteiger partial charge in [0, 0.05) is 25.5 Å². The zero-order valence-corrected chi connectivity index (χ0v) is 34.1. The molecule has 1 aliphatic carbocycles. The van der Waals surface area contributed by atoms with Gasteiger partial charge < -0.3 is 20.7 Å². The van der Waals surface area contributed by atoms with Crippen LogP contribution in [0.4, 0.5) is 10.7 Å². The number of nitrogens with one attached hydrogen (secondary N) is 3. The first-order chi connectivity index (χ1) is 27.7. The van der Waals surface area contributed by atoms with Gasteiger partial charge in [0.15, 0.2) is 0 Å². The van der Waals surface area contributed by atoms with E-state index in [9.17, 15) is 19.2 Å². The van der Waals surface area contributed by atoms with E-state index in [4.69, 9.17) is 4.74 Å². The molecule has 0 fully saturated rings. The SMILES string of the molecule is COC(=O)c1c(NC(=O)C(Sc2cccc(NC(=O)/C(=C\c3cccc(Br)c3)NC(=O)c3ccccc3)c2)c2ccccc2)sc2c1CCC(c1ccccc1)C2. The third-order valence-electron chi connectivity index (χ3n) is 9.54. The molecule has 2 unspecified atom stereocenters. The number of methoxy groups -OCH3 is 1. The Morgan fingerprint density at radius 2 is 1.53 bits per heavy atom. The Bertz CT molecular complexity index is 2440. The fraction of sp³-hybridized carbons (Fsp3) is 0.130. The molecular formula is C46H38BrN3O5S2. The summed E-state index contributed by atoms with van der Waals surface area (Å²) in [6.45, 7) is 0. The standard InChI is InChI=1S/C46H38BrN3O5S2/c1-55-46(54)40-37-24-23-33(30-14-5-2-6-15-30)27-39(37)57-45(40)50-44(53)41(31-16-7-3-8-17-31)56-36-22-12-21-35(28-36)48-43(52)38(26-29-13-11-20-34(47)25-29)49-42(51)32-18-9-4-10-19-32/h2-22,25-26,28,33,41H,23-24,27H2,1H3,(H,48,52)(H,49,51)(H,50,53)/b38-26+. The molecule has 2 atom stereocenters. The van der Waals surface area contributed by atoms with E-state index in [0.717, 1.165) is 33.3 Å². The molecule has 0 aliphatic heterocycles. The number of hydrogen-bond donors (Lipinski definition) is 3. The Morgan fingerprint density at radius 3 is 2.25 bits per heavy atom. The van der Waals surface area contributed by atoms with Crippen molar-refractivity contribution in [3.05, 3.63) is 188 Å². The van der Waals surface area contributed by atoms with Crippen LogP contribution < -0.4 is 16.0 Å². The highest BCUT2D eigenvalue weighted by molar-refractivity contribution is 9.10. The van der Waals surface area contributed by atoms with Gasteiger partial charge in [-0.3, -0.25) is 14.4 Å². The molecule has 3 N–H and O–H groups in total. The van der Waals surface area contributed by atoms with Crippen molar-refractivity contribution in [2.24, 2.45) is 0 Å². The molecule has 57 heavy (non-hydrogen) atoms. The monoisotopic (exact) mass is 855 g/mol. The molecule has 0 saturated heterocycles. The number of fused-ring (bicyclic) bond motifs is 1. The van der Waals surface area contributed by atoms with E-state index in [1.165, 1.54) is 35.8 Å². The van der Waals surface area contributed by atoms with E-state index in [0.29, 0.717) is 44.6 Å². The third kappa shape index (κ3) is 9.80. The molecule has 1 heterocycles. The number of thioether (sulfide) groups is 1. The van der Waals surface area contributed by atoms with Crippen LogP contribution in [0.1, 0.15) is 65.4 Å². The minimum absolute atomic E-state index is 0.0525. The summed E-state index contributed by atoms with van der Waals surface area (Å²) in [6.07, 6.45) is 3.98. The van der Waals surface area contributed by atoms with Gasteiger partial charge in [-0.1, -0.05) is 113 Å². The Morgan fingerprint density at radius 1 is 0.825 bits per heavy atom. The number of ether oxygens (including phenoxy) is 1. The molecule has 0 bridgehead atoms. The first-order valence-corrected chi connectivity index (χ1v) is 20.8. The van der Waals surface area contributed by atoms with Crippen LogP contribution in [0.25, 0.3) is 6.08 Å². The van der Waals surface area contributed by atoms with Crippen molar-refractivity contribution in [2.75, 3.05) is 17.7 Å². The largest absolute Gasteiger partial charge is 0.465 e. The average molecular weight is 857 g/mol. The minimum atomic E-state index is -0.712. The van der Waals surface area contributed by atoms with Crippen LogP contribution in [-0.2, 0) is 27.2 Å². The fourth-order valence-corrected chi connectivity index (χ4v) is 9.59. The van der Waals surface area contributed by atoms with Gasteiger partial charge >= 0.3 is 5.97 Å². The van der Waals surface area contributed by atoms with Crippen LogP contribution in [0.3, 0.4) is 0 Å². The number of benzene rings is 5. The summed E-state index contributed by atoms with van der Waals surface area (Å²) < 4.78 is 6.05. The van der Waals surface area contributed by atoms with Crippen molar-refractivity contribution in [1.29, 1.82) is 0 Å². The third-order valence-corrected chi connectivity index (χ3v) is 12.4. The topological polar surface area (TPSA) is 114 Å². The number of carbonyl (C=O) groups excluding carboxylic acids is 4. The van der Waals surface area contributed by atoms with Gasteiger partial charge in [0.1, 0.15) is 15.9 Å². The van der Waals surface area contributed by atoms with Crippen LogP contribution in [0.5, 0.6) is 0 Å². The summed E-state index contributed by atoms with van der Waals surface area (Å²) in [5, 5.41) is 8.59. The molecule has 6 aromatic rings. The van der Waals surface area contributed by atoms with E-state index in [2.05, 4.69) is 44.0 Å². The molecule has 1 aliphatic rings. The second-order valence-electron chi connectivity index (χ2n) is 13.4. The van der Waals surface area contributed by atoms with E-state index >= 15 is 0 Å². The van der Waals surface area contributed by atoms with E-state index < -0.39 is 23.0 Å². The van der Waals surface area contributed by atoms with Crippen LogP contribution in [0.2, 0.25) is 0 Å². The molecule has 1 aromatic heterocycles. The fourth-order valence-electron chi connectivity index (χ4n) is 6.77. The minimum Gasteiger partial charge on any atom is -0.465 e. The quantitative estimate of drug-likeness (QED) is 0.0642. The second-order valence-corrected chi connectivity index (χ2v) is 16.6. The molecule has 7 rings (SSSR count). The Hall–Kier alpha value is -5.75. The Kier molecular flexibility index (Phi) is 12.8. The smallest absolute Gasteiger partial charge is 0.341 e. The molecular weight excluding hydrogens is 819 g/mol. The first-order valence-electron chi connectivity index (χ1n) is 18.3. The highest BCUT2D eigenvalue weighted by Crippen LogP contribution is 2.44. The van der Waals surface area contributed by atoms with Crippen LogP contribution in [0, 0.1) is 0 Å². The molecule has 11 heteroatoms. The Labute approximate surface area is 347 Å². The number of esters is 1. The van der Waals surface area contributed by atoms with Gasteiger partial charge in [0.05, 0.1) is 12.7 Å². The van der Waals surface area contributed by atoms with E-state index in [-0.39, 0.29) is 11.6 Å². The van der Waals surface area contributed by atoms with Crippen molar-refractivity contribution in [2.45, 2.75) is 35.3 Å². The number of thiophene rings is 1. The summed E-state index contributed by atoms with van der Waals surface area (Å²) in [7, 11) is 1.36. The normalized spacial score (nSPS) is 14.1. The lowest BCUT2D eigenvalue weighted by atomic mass is 9.83. The second kappa shape index (κ2) is 18.5. The number of hydrogen-bond acceptors (Lipinski definition) is 7. The van der Waals surface area contributed by atoms with E-state index in [1.54, 1.807) is 48.5 Å². The van der Waals surface area contributed by atoms with Crippen LogP contribution >= 0.6 is 39.0 Å². The average Bonchev–Trinajstić information content (AvgIpc) is 3.60. The van der Waals surface area contributed by atoms with E-state index in [1.807, 2.05) is 84.9 Å². The zero-order valence-electron chi connectivity index (χ0n) is 30.9. The Balaban J connectivity index is 1.13. The van der Waals surface area contributed by atoms with Crippen molar-refractivity contribution >= 4 is 79.5 Å². The van der Waals surface area contributed by atoms with Crippen molar-refractivity contribution < 1.29 is 23.9 Å². The van der Waals surface area contributed by atoms with Crippen molar-refractivity contribution in [3.8, 4) is 0 Å². The predicted octanol–water partition coefficient (Wildman–Crippen LogP) is 10.5. The first kappa shape index (κ1) is 39.5. The maximum atomic E-state index is 14.4. The number of carbonyl (C=O) groups is 4. The van der Waals surface area contributed by atoms with Gasteiger partial charge in [0.2, 0.25) is 5.91 Å². The maximum absolute atomic E-state index is 14.4. The highest BCUT2D eigenvalue weighted by Gasteiger charge is 2.32. The number of anilines is 2. The number of rotatable bonds is 12. The van der Waals surface area contributed by atoms with Crippen molar-refractivity contribution in [3.63, 3.8) is 0 Å². The zero-order chi connectivity index (χ0) is 39.7. The summed E-state index contributed by atoms with van der Waals surface area (Å²) in [4.78, 5) is 56.3. The molecule has 3 amide bonds. The van der Waals surface area contributed by atoms with Crippen LogP contribution in [-0.4, -0.2) is 30.8 Å². The molecule has 5 aromatic carbocycles. The molecule has 0 radical (unpaired) electrons. The van der Waals surface area contributed by atoms with Crippen LogP contribution in [0.15, 0.2) is 155 Å². The molecule has 0 spiro atoms. The number of halogens is 1. The lowest BCUT2D eigenvalue weighted by Crippen LogP contribution is -2.30. The molecule has 8 nitrogen and oxygen atoms in total. The van der Waals surface area contributed by atoms with Crippen molar-refractivity contribution in [1.82, 2.24) is 5.32 Å². The number of amides is 3. The highest BCUT2D eigenvalue weighted by atomic mass is 79.9. The summed E-state index contributed by atoms with van der Waals surface area (Å²) >= 11 is 6.23. The summed E-state index contributed by atoms with van der Waals surface area (Å²) in [5.74, 6) is -1.40. The van der Waals surface area contributed by atoms with Gasteiger partial charge in [-0.2, -0.15) is 0 Å². The lowest BCUT2D eigenvalue weighted by molar-refractivity contribution is -0.116. The summed E-state index contributed by atoms with van der Waals surface area (Å²) in [5.41, 5.74) is 5.03. The lowest BCUT2D eigenvalue weighted by Gasteiger charge is -2.22. The van der Waals surface area contributed by atoms with Gasteiger partial charge in [-0.15, -0.1) is 23.1 Å². The molecule has 0 saturated carbocycles.